The van der Waals surface area contributed by atoms with E-state index in [0.29, 0.717) is 18.8 Å². The molecule has 1 atom stereocenters. The van der Waals surface area contributed by atoms with Crippen molar-refractivity contribution in [3.8, 4) is 0 Å². The number of hydrogen-bond acceptors (Lipinski definition) is 4. The smallest absolute Gasteiger partial charge is 0.274 e. The molecule has 25 heavy (non-hydrogen) atoms. The Morgan fingerprint density at radius 3 is 2.92 bits per heavy atom. The third-order valence-corrected chi connectivity index (χ3v) is 4.75. The zero-order valence-corrected chi connectivity index (χ0v) is 14.9. The maximum atomic E-state index is 12.9. The van der Waals surface area contributed by atoms with Crippen molar-refractivity contribution in [2.75, 3.05) is 13.1 Å². The van der Waals surface area contributed by atoms with Crippen molar-refractivity contribution in [2.45, 2.75) is 52.1 Å². The molecule has 1 aliphatic rings. The minimum Gasteiger partial charge on any atom is -0.335 e. The molecule has 134 valence electrons. The van der Waals surface area contributed by atoms with Crippen molar-refractivity contribution in [3.63, 3.8) is 0 Å². The number of imidazole rings is 1. The predicted octanol–water partition coefficient (Wildman–Crippen LogP) is 2.03. The lowest BCUT2D eigenvalue weighted by Gasteiger charge is -2.33. The van der Waals surface area contributed by atoms with Crippen LogP contribution >= 0.6 is 0 Å². The van der Waals surface area contributed by atoms with E-state index in [0.717, 1.165) is 38.1 Å². The summed E-state index contributed by atoms with van der Waals surface area (Å²) in [5.74, 6) is 0.859. The van der Waals surface area contributed by atoms with Crippen LogP contribution < -0.4 is 5.56 Å². The van der Waals surface area contributed by atoms with Gasteiger partial charge in [-0.25, -0.2) is 9.67 Å². The Hall–Kier alpha value is -2.44. The summed E-state index contributed by atoms with van der Waals surface area (Å²) in [6, 6.07) is 3.22. The van der Waals surface area contributed by atoms with Crippen molar-refractivity contribution in [1.82, 2.24) is 24.2 Å². The summed E-state index contributed by atoms with van der Waals surface area (Å²) in [6.07, 6.45) is 7.59. The first-order valence-electron chi connectivity index (χ1n) is 8.97. The Labute approximate surface area is 147 Å². The first-order chi connectivity index (χ1) is 12.1. The van der Waals surface area contributed by atoms with E-state index in [9.17, 15) is 9.59 Å². The van der Waals surface area contributed by atoms with Crippen molar-refractivity contribution in [3.05, 3.63) is 46.4 Å². The van der Waals surface area contributed by atoms with Gasteiger partial charge < -0.3 is 9.47 Å². The minimum absolute atomic E-state index is 0.104. The van der Waals surface area contributed by atoms with Crippen LogP contribution in [-0.4, -0.2) is 43.2 Å². The molecule has 0 saturated carbocycles. The van der Waals surface area contributed by atoms with E-state index >= 15 is 0 Å². The molecule has 1 fully saturated rings. The lowest BCUT2D eigenvalue weighted by atomic mass is 10.0. The highest BCUT2D eigenvalue weighted by atomic mass is 16.2. The lowest BCUT2D eigenvalue weighted by molar-refractivity contribution is 0.0669. The Balaban J connectivity index is 1.76. The Morgan fingerprint density at radius 1 is 1.36 bits per heavy atom. The van der Waals surface area contributed by atoms with Crippen LogP contribution in [-0.2, 0) is 6.54 Å². The average Bonchev–Trinajstić information content (AvgIpc) is 3.06. The fourth-order valence-corrected chi connectivity index (χ4v) is 3.33. The third kappa shape index (κ3) is 3.81. The number of piperidine rings is 1. The summed E-state index contributed by atoms with van der Waals surface area (Å²) in [5, 5.41) is 4.28. The first kappa shape index (κ1) is 17.4. The highest BCUT2D eigenvalue weighted by Crippen LogP contribution is 2.23. The number of nitrogens with zero attached hydrogens (tertiary/aromatic N) is 5. The molecule has 7 nitrogen and oxygen atoms in total. The van der Waals surface area contributed by atoms with E-state index in [1.54, 1.807) is 12.3 Å². The van der Waals surface area contributed by atoms with E-state index in [2.05, 4.69) is 21.6 Å². The van der Waals surface area contributed by atoms with Gasteiger partial charge in [-0.2, -0.15) is 5.10 Å². The molecule has 0 aromatic carbocycles. The first-order valence-corrected chi connectivity index (χ1v) is 8.97. The van der Waals surface area contributed by atoms with E-state index in [1.807, 2.05) is 18.0 Å². The second kappa shape index (κ2) is 7.63. The van der Waals surface area contributed by atoms with Crippen LogP contribution in [0.4, 0.5) is 0 Å². The Bertz CT molecular complexity index is 795. The molecule has 2 aromatic heterocycles. The number of carbonyl (C=O) groups is 1. The summed E-state index contributed by atoms with van der Waals surface area (Å²) >= 11 is 0. The van der Waals surface area contributed by atoms with Gasteiger partial charge in [0.1, 0.15) is 11.5 Å². The van der Waals surface area contributed by atoms with Gasteiger partial charge in [-0.05, 0) is 32.3 Å². The quantitative estimate of drug-likeness (QED) is 0.833. The van der Waals surface area contributed by atoms with Crippen LogP contribution in [0.1, 0.15) is 55.0 Å². The normalized spacial score (nSPS) is 17.7. The van der Waals surface area contributed by atoms with Crippen molar-refractivity contribution in [2.24, 2.45) is 0 Å². The Kier molecular flexibility index (Phi) is 5.31. The van der Waals surface area contributed by atoms with Crippen LogP contribution in [0.2, 0.25) is 0 Å². The third-order valence-electron chi connectivity index (χ3n) is 4.75. The van der Waals surface area contributed by atoms with Crippen molar-refractivity contribution >= 4 is 5.91 Å². The highest BCUT2D eigenvalue weighted by molar-refractivity contribution is 5.92. The number of amides is 1. The summed E-state index contributed by atoms with van der Waals surface area (Å²) in [7, 11) is 0. The molecule has 3 heterocycles. The van der Waals surface area contributed by atoms with Gasteiger partial charge in [-0.1, -0.05) is 13.3 Å². The summed E-state index contributed by atoms with van der Waals surface area (Å²) in [5.41, 5.74) is 0.189. The number of hydrogen-bond donors (Lipinski definition) is 0. The molecule has 0 radical (unpaired) electrons. The van der Waals surface area contributed by atoms with Crippen molar-refractivity contribution in [1.29, 1.82) is 0 Å². The predicted molar refractivity (Wildman–Crippen MR) is 94.5 cm³/mol. The second-order valence-electron chi connectivity index (χ2n) is 6.56. The molecule has 7 heteroatoms. The molecular formula is C18H25N5O2. The molecule has 1 amide bonds. The van der Waals surface area contributed by atoms with Gasteiger partial charge >= 0.3 is 0 Å². The molecule has 2 aromatic rings. The minimum atomic E-state index is -0.157. The topological polar surface area (TPSA) is 73.0 Å². The molecule has 1 saturated heterocycles. The lowest BCUT2D eigenvalue weighted by Crippen LogP contribution is -2.41. The van der Waals surface area contributed by atoms with Crippen molar-refractivity contribution < 1.29 is 4.79 Å². The molecule has 0 N–H and O–H groups in total. The van der Waals surface area contributed by atoms with Gasteiger partial charge in [0.2, 0.25) is 0 Å². The molecule has 3 rings (SSSR count). The number of aromatic nitrogens is 4. The number of unbranched alkanes of at least 4 members (excludes halogenated alkanes) is 1. The molecular weight excluding hydrogens is 318 g/mol. The number of likely N-dealkylation sites (tertiary alicyclic amines) is 1. The maximum Gasteiger partial charge on any atom is 0.274 e. The molecule has 1 aliphatic heterocycles. The zero-order valence-electron chi connectivity index (χ0n) is 14.9. The van der Waals surface area contributed by atoms with E-state index < -0.39 is 0 Å². The second-order valence-corrected chi connectivity index (χ2v) is 6.56. The monoisotopic (exact) mass is 343 g/mol. The van der Waals surface area contributed by atoms with Gasteiger partial charge in [-0.3, -0.25) is 9.59 Å². The number of carbonyl (C=O) groups excluding carboxylic acids is 1. The fourth-order valence-electron chi connectivity index (χ4n) is 3.33. The standard InChI is InChI=1S/C18H25N5O2/c1-3-4-11-23-17(24)8-7-16(20-23)18(25)21-10-5-6-15(13-21)22-12-9-19-14(22)2/h7-9,12,15H,3-6,10-11,13H2,1-2H3/t15-/m0/s1. The van der Waals surface area contributed by atoms with Crippen LogP contribution in [0.5, 0.6) is 0 Å². The van der Waals surface area contributed by atoms with Gasteiger partial charge in [0.15, 0.2) is 0 Å². The molecule has 0 spiro atoms. The molecule has 0 aliphatic carbocycles. The van der Waals surface area contributed by atoms with Gasteiger partial charge in [0, 0.05) is 38.1 Å². The summed E-state index contributed by atoms with van der Waals surface area (Å²) in [6.45, 7) is 5.95. The van der Waals surface area contributed by atoms with Crippen LogP contribution in [0.3, 0.4) is 0 Å². The van der Waals surface area contributed by atoms with Gasteiger partial charge in [-0.15, -0.1) is 0 Å². The van der Waals surface area contributed by atoms with Gasteiger partial charge in [0.05, 0.1) is 6.04 Å². The SMILES string of the molecule is CCCCn1nc(C(=O)N2CCC[C@H](n3ccnc3C)C2)ccc1=O. The number of rotatable bonds is 5. The number of aryl methyl sites for hydroxylation is 2. The zero-order chi connectivity index (χ0) is 17.8. The maximum absolute atomic E-state index is 12.9. The molecule has 0 unspecified atom stereocenters. The average molecular weight is 343 g/mol. The Morgan fingerprint density at radius 2 is 2.20 bits per heavy atom. The van der Waals surface area contributed by atoms with E-state index in [1.165, 1.54) is 10.7 Å². The summed E-state index contributed by atoms with van der Waals surface area (Å²) < 4.78 is 3.53. The summed E-state index contributed by atoms with van der Waals surface area (Å²) in [4.78, 5) is 30.9. The van der Waals surface area contributed by atoms with Crippen LogP contribution in [0, 0.1) is 6.92 Å². The fraction of sp³-hybridized carbons (Fsp3) is 0.556. The van der Waals surface area contributed by atoms with E-state index in [-0.39, 0.29) is 17.5 Å². The van der Waals surface area contributed by atoms with Crippen LogP contribution in [0.15, 0.2) is 29.3 Å². The molecule has 0 bridgehead atoms. The largest absolute Gasteiger partial charge is 0.335 e. The van der Waals surface area contributed by atoms with E-state index in [4.69, 9.17) is 0 Å². The van der Waals surface area contributed by atoms with Gasteiger partial charge in [0.25, 0.3) is 11.5 Å². The highest BCUT2D eigenvalue weighted by Gasteiger charge is 2.27. The van der Waals surface area contributed by atoms with Crippen LogP contribution in [0.25, 0.3) is 0 Å².